The summed E-state index contributed by atoms with van der Waals surface area (Å²) in [5, 5.41) is 8.97. The molecular weight excluding hydrogens is 306 g/mol. The van der Waals surface area contributed by atoms with Gasteiger partial charge in [-0.2, -0.15) is 5.26 Å². The molecule has 0 bridgehead atoms. The third kappa shape index (κ3) is 4.31. The maximum Gasteiger partial charge on any atom is 0.348 e. The molecule has 0 N–H and O–H groups in total. The highest BCUT2D eigenvalue weighted by molar-refractivity contribution is 5.98. The summed E-state index contributed by atoms with van der Waals surface area (Å²) in [5.41, 5.74) is 1.81. The van der Waals surface area contributed by atoms with Gasteiger partial charge >= 0.3 is 11.9 Å². The van der Waals surface area contributed by atoms with Crippen molar-refractivity contribution < 1.29 is 19.1 Å². The first kappa shape index (κ1) is 17.0. The number of nitrogens with zero attached hydrogens (tertiary/aromatic N) is 1. The van der Waals surface area contributed by atoms with Gasteiger partial charge in [-0.05, 0) is 42.8 Å². The van der Waals surface area contributed by atoms with Gasteiger partial charge in [0, 0.05) is 0 Å². The third-order valence-electron chi connectivity index (χ3n) is 3.16. The topological polar surface area (TPSA) is 76.4 Å². The zero-order chi connectivity index (χ0) is 17.5. The molecule has 0 spiro atoms. The second-order valence-corrected chi connectivity index (χ2v) is 4.99. The van der Waals surface area contributed by atoms with Gasteiger partial charge in [0.2, 0.25) is 0 Å². The fraction of sp³-hybridized carbons (Fsp3) is 0.105. The Morgan fingerprint density at radius 1 is 1.12 bits per heavy atom. The van der Waals surface area contributed by atoms with E-state index in [4.69, 9.17) is 10.00 Å². The molecule has 120 valence electrons. The van der Waals surface area contributed by atoms with Crippen LogP contribution in [0.3, 0.4) is 0 Å². The average Bonchev–Trinajstić information content (AvgIpc) is 2.59. The molecule has 5 heteroatoms. The van der Waals surface area contributed by atoms with Crippen LogP contribution in [0.5, 0.6) is 5.75 Å². The lowest BCUT2D eigenvalue weighted by molar-refractivity contribution is -0.135. The second kappa shape index (κ2) is 7.75. The number of methoxy groups -OCH3 is 1. The third-order valence-corrected chi connectivity index (χ3v) is 3.16. The molecule has 0 saturated heterocycles. The molecule has 24 heavy (non-hydrogen) atoms. The number of carbonyl (C=O) groups excluding carboxylic acids is 2. The Kier molecular flexibility index (Phi) is 5.48. The predicted molar refractivity (Wildman–Crippen MR) is 88.2 cm³/mol. The summed E-state index contributed by atoms with van der Waals surface area (Å²) < 4.78 is 9.86. The lowest BCUT2D eigenvalue weighted by atomic mass is 10.1. The van der Waals surface area contributed by atoms with Crippen LogP contribution in [0.15, 0.2) is 54.1 Å². The van der Waals surface area contributed by atoms with E-state index in [9.17, 15) is 9.59 Å². The van der Waals surface area contributed by atoms with Gasteiger partial charge in [-0.1, -0.05) is 29.8 Å². The maximum atomic E-state index is 12.1. The van der Waals surface area contributed by atoms with Gasteiger partial charge in [0.25, 0.3) is 0 Å². The van der Waals surface area contributed by atoms with E-state index in [-0.39, 0.29) is 5.57 Å². The van der Waals surface area contributed by atoms with E-state index in [0.29, 0.717) is 16.9 Å². The van der Waals surface area contributed by atoms with Crippen LogP contribution in [0.4, 0.5) is 0 Å². The monoisotopic (exact) mass is 321 g/mol. The Morgan fingerprint density at radius 3 is 2.54 bits per heavy atom. The largest absolute Gasteiger partial charge is 0.465 e. The summed E-state index contributed by atoms with van der Waals surface area (Å²) in [5.74, 6) is -0.884. The molecule has 0 unspecified atom stereocenters. The van der Waals surface area contributed by atoms with Crippen molar-refractivity contribution in [3.05, 3.63) is 70.8 Å². The number of benzene rings is 2. The lowest BCUT2D eigenvalue weighted by Gasteiger charge is -2.06. The van der Waals surface area contributed by atoms with Crippen molar-refractivity contribution in [3.8, 4) is 11.8 Å². The molecule has 0 aliphatic rings. The zero-order valence-corrected chi connectivity index (χ0v) is 13.3. The van der Waals surface area contributed by atoms with Gasteiger partial charge in [-0.25, -0.2) is 9.59 Å². The van der Waals surface area contributed by atoms with Crippen LogP contribution in [0.25, 0.3) is 6.08 Å². The van der Waals surface area contributed by atoms with Gasteiger partial charge in [0.1, 0.15) is 17.4 Å². The molecule has 0 fully saturated rings. The second-order valence-electron chi connectivity index (χ2n) is 4.99. The molecule has 0 atom stereocenters. The Balaban J connectivity index is 2.22. The minimum Gasteiger partial charge on any atom is -0.465 e. The normalized spacial score (nSPS) is 10.6. The van der Waals surface area contributed by atoms with Crippen LogP contribution in [0.2, 0.25) is 0 Å². The van der Waals surface area contributed by atoms with Crippen molar-refractivity contribution in [3.63, 3.8) is 0 Å². The lowest BCUT2D eigenvalue weighted by Crippen LogP contribution is -2.08. The van der Waals surface area contributed by atoms with Crippen LogP contribution >= 0.6 is 0 Å². The molecule has 0 aliphatic heterocycles. The minimum atomic E-state index is -0.723. The summed E-state index contributed by atoms with van der Waals surface area (Å²) in [6, 6.07) is 15.4. The molecule has 0 saturated carbocycles. The van der Waals surface area contributed by atoms with E-state index >= 15 is 0 Å². The molecule has 0 aromatic heterocycles. The molecule has 2 aromatic carbocycles. The van der Waals surface area contributed by atoms with Crippen molar-refractivity contribution in [2.24, 2.45) is 0 Å². The van der Waals surface area contributed by atoms with Crippen LogP contribution in [-0.4, -0.2) is 19.0 Å². The van der Waals surface area contributed by atoms with Crippen molar-refractivity contribution in [1.29, 1.82) is 5.26 Å². The number of nitriles is 1. The molecule has 0 heterocycles. The van der Waals surface area contributed by atoms with Gasteiger partial charge in [0.05, 0.1) is 12.7 Å². The smallest absolute Gasteiger partial charge is 0.348 e. The summed E-state index contributed by atoms with van der Waals surface area (Å²) >= 11 is 0. The molecule has 0 aliphatic carbocycles. The van der Waals surface area contributed by atoms with E-state index in [0.717, 1.165) is 5.56 Å². The van der Waals surface area contributed by atoms with E-state index in [1.807, 2.05) is 13.0 Å². The van der Waals surface area contributed by atoms with Crippen molar-refractivity contribution >= 4 is 18.0 Å². The first-order valence-electron chi connectivity index (χ1n) is 7.12. The predicted octanol–water partition coefficient (Wildman–Crippen LogP) is 3.29. The Bertz CT molecular complexity index is 846. The standard InChI is InChI=1S/C19H15NO4/c1-13-5-3-7-15(9-13)19(22)24-17-8-4-6-14(11-17)10-16(12-20)18(21)23-2/h3-11H,1-2H3/b16-10+. The SMILES string of the molecule is COC(=O)/C(C#N)=C/c1cccc(OC(=O)c2cccc(C)c2)c1. The van der Waals surface area contributed by atoms with Crippen LogP contribution in [-0.2, 0) is 9.53 Å². The van der Waals surface area contributed by atoms with Crippen LogP contribution in [0, 0.1) is 18.3 Å². The molecule has 5 nitrogen and oxygen atoms in total. The Morgan fingerprint density at radius 2 is 1.88 bits per heavy atom. The van der Waals surface area contributed by atoms with Crippen LogP contribution < -0.4 is 4.74 Å². The fourth-order valence-electron chi connectivity index (χ4n) is 2.02. The minimum absolute atomic E-state index is 0.139. The average molecular weight is 321 g/mol. The van der Waals surface area contributed by atoms with Crippen molar-refractivity contribution in [2.75, 3.05) is 7.11 Å². The first-order valence-corrected chi connectivity index (χ1v) is 7.12. The zero-order valence-electron chi connectivity index (χ0n) is 13.3. The van der Waals surface area contributed by atoms with E-state index in [1.165, 1.54) is 13.2 Å². The highest BCUT2D eigenvalue weighted by Crippen LogP contribution is 2.18. The summed E-state index contributed by atoms with van der Waals surface area (Å²) in [7, 11) is 1.20. The molecule has 0 radical (unpaired) electrons. The number of rotatable bonds is 4. The summed E-state index contributed by atoms with van der Waals surface area (Å²) in [6.45, 7) is 1.89. The van der Waals surface area contributed by atoms with E-state index < -0.39 is 11.9 Å². The molecular formula is C19H15NO4. The number of hydrogen-bond donors (Lipinski definition) is 0. The summed E-state index contributed by atoms with van der Waals surface area (Å²) in [6.07, 6.45) is 1.37. The number of aryl methyl sites for hydroxylation is 1. The highest BCUT2D eigenvalue weighted by Gasteiger charge is 2.11. The molecule has 2 aromatic rings. The van der Waals surface area contributed by atoms with E-state index in [2.05, 4.69) is 4.74 Å². The maximum absolute atomic E-state index is 12.1. The number of esters is 2. The number of carbonyl (C=O) groups is 2. The highest BCUT2D eigenvalue weighted by atomic mass is 16.5. The summed E-state index contributed by atoms with van der Waals surface area (Å²) in [4.78, 5) is 23.6. The Hall–Kier alpha value is -3.39. The number of hydrogen-bond acceptors (Lipinski definition) is 5. The first-order chi connectivity index (χ1) is 11.5. The van der Waals surface area contributed by atoms with Gasteiger partial charge in [0.15, 0.2) is 0 Å². The molecule has 2 rings (SSSR count). The number of ether oxygens (including phenoxy) is 2. The fourth-order valence-corrected chi connectivity index (χ4v) is 2.02. The van der Waals surface area contributed by atoms with E-state index in [1.54, 1.807) is 48.5 Å². The molecule has 0 amide bonds. The van der Waals surface area contributed by atoms with Gasteiger partial charge < -0.3 is 9.47 Å². The quantitative estimate of drug-likeness (QED) is 0.374. The van der Waals surface area contributed by atoms with Crippen LogP contribution in [0.1, 0.15) is 21.5 Å². The van der Waals surface area contributed by atoms with Gasteiger partial charge in [-0.15, -0.1) is 0 Å². The van der Waals surface area contributed by atoms with Gasteiger partial charge in [-0.3, -0.25) is 0 Å². The van der Waals surface area contributed by atoms with Crippen molar-refractivity contribution in [1.82, 2.24) is 0 Å². The van der Waals surface area contributed by atoms with Crippen molar-refractivity contribution in [2.45, 2.75) is 6.92 Å². The Labute approximate surface area is 139 Å².